The van der Waals surface area contributed by atoms with E-state index in [9.17, 15) is 15.0 Å². The molecular formula is C32H31NO3. The van der Waals surface area contributed by atoms with Crippen molar-refractivity contribution in [3.05, 3.63) is 124 Å². The van der Waals surface area contributed by atoms with Crippen molar-refractivity contribution >= 4 is 11.6 Å². The van der Waals surface area contributed by atoms with Gasteiger partial charge >= 0.3 is 0 Å². The zero-order chi connectivity index (χ0) is 25.6. The molecule has 5 rings (SSSR count). The van der Waals surface area contributed by atoms with Crippen molar-refractivity contribution in [3.63, 3.8) is 0 Å². The topological polar surface area (TPSA) is 60.8 Å². The fourth-order valence-corrected chi connectivity index (χ4v) is 5.49. The van der Waals surface area contributed by atoms with Crippen molar-refractivity contribution in [2.45, 2.75) is 45.1 Å². The second kappa shape index (κ2) is 8.87. The van der Waals surface area contributed by atoms with Gasteiger partial charge in [-0.2, -0.15) is 0 Å². The minimum atomic E-state index is -0.996. The Labute approximate surface area is 212 Å². The molecule has 182 valence electrons. The van der Waals surface area contributed by atoms with Gasteiger partial charge in [0.2, 0.25) is 0 Å². The number of aromatic hydroxyl groups is 2. The molecule has 36 heavy (non-hydrogen) atoms. The third kappa shape index (κ3) is 3.48. The summed E-state index contributed by atoms with van der Waals surface area (Å²) in [6.45, 7) is 8.19. The highest BCUT2D eigenvalue weighted by atomic mass is 16.3. The number of amides is 1. The quantitative estimate of drug-likeness (QED) is 0.317. The summed E-state index contributed by atoms with van der Waals surface area (Å²) < 4.78 is 0. The molecule has 1 heterocycles. The number of phenols is 2. The predicted molar refractivity (Wildman–Crippen MR) is 144 cm³/mol. The highest BCUT2D eigenvalue weighted by molar-refractivity contribution is 6.13. The highest BCUT2D eigenvalue weighted by Gasteiger charge is 2.53. The third-order valence-corrected chi connectivity index (χ3v) is 7.23. The average molecular weight is 478 g/mol. The van der Waals surface area contributed by atoms with Crippen LogP contribution in [0.25, 0.3) is 0 Å². The Kier molecular flexibility index (Phi) is 5.83. The minimum absolute atomic E-state index is 0.0878. The fraction of sp³-hybridized carbons (Fsp3) is 0.219. The molecule has 0 saturated heterocycles. The van der Waals surface area contributed by atoms with E-state index >= 15 is 0 Å². The van der Waals surface area contributed by atoms with Crippen molar-refractivity contribution in [1.29, 1.82) is 0 Å². The second-order valence-electron chi connectivity index (χ2n) is 10.1. The summed E-state index contributed by atoms with van der Waals surface area (Å²) in [4.78, 5) is 16.0. The zero-order valence-electron chi connectivity index (χ0n) is 21.1. The van der Waals surface area contributed by atoms with Gasteiger partial charge in [0, 0.05) is 11.3 Å². The van der Waals surface area contributed by atoms with Crippen LogP contribution in [0, 0.1) is 0 Å². The predicted octanol–water partition coefficient (Wildman–Crippen LogP) is 7.30. The van der Waals surface area contributed by atoms with Gasteiger partial charge in [0.1, 0.15) is 17.0 Å². The van der Waals surface area contributed by atoms with Crippen LogP contribution in [0.15, 0.2) is 91.0 Å². The van der Waals surface area contributed by atoms with E-state index in [1.54, 1.807) is 12.1 Å². The first-order valence-corrected chi connectivity index (χ1v) is 12.4. The summed E-state index contributed by atoms with van der Waals surface area (Å²) in [6.07, 6.45) is 0. The maximum atomic E-state index is 14.2. The van der Waals surface area contributed by atoms with E-state index in [0.717, 1.165) is 33.5 Å². The first kappa shape index (κ1) is 23.7. The molecule has 4 nitrogen and oxygen atoms in total. The molecule has 1 aliphatic rings. The Balaban J connectivity index is 1.95. The molecule has 1 amide bonds. The van der Waals surface area contributed by atoms with E-state index in [-0.39, 0.29) is 29.2 Å². The van der Waals surface area contributed by atoms with Crippen molar-refractivity contribution in [2.24, 2.45) is 0 Å². The highest BCUT2D eigenvalue weighted by Crippen LogP contribution is 2.52. The largest absolute Gasteiger partial charge is 0.508 e. The lowest BCUT2D eigenvalue weighted by molar-refractivity contribution is 0.0986. The normalized spacial score (nSPS) is 14.5. The lowest BCUT2D eigenvalue weighted by Gasteiger charge is -2.41. The van der Waals surface area contributed by atoms with Crippen LogP contribution in [0.4, 0.5) is 5.69 Å². The molecule has 0 radical (unpaired) electrons. The van der Waals surface area contributed by atoms with Crippen LogP contribution in [-0.4, -0.2) is 16.1 Å². The van der Waals surface area contributed by atoms with Crippen LogP contribution in [0.2, 0.25) is 0 Å². The molecule has 2 N–H and O–H groups in total. The number of anilines is 1. The Morgan fingerprint density at radius 2 is 1.17 bits per heavy atom. The number of hydrogen-bond acceptors (Lipinski definition) is 3. The molecule has 0 saturated carbocycles. The molecule has 0 aromatic heterocycles. The average Bonchev–Trinajstić information content (AvgIpc) is 3.14. The number of hydrogen-bond donors (Lipinski definition) is 2. The van der Waals surface area contributed by atoms with E-state index in [4.69, 9.17) is 0 Å². The monoisotopic (exact) mass is 477 g/mol. The van der Waals surface area contributed by atoms with Gasteiger partial charge in [-0.3, -0.25) is 9.69 Å². The van der Waals surface area contributed by atoms with E-state index < -0.39 is 5.54 Å². The summed E-state index contributed by atoms with van der Waals surface area (Å²) in [7, 11) is 0. The first-order valence-electron chi connectivity index (χ1n) is 12.4. The van der Waals surface area contributed by atoms with Gasteiger partial charge in [0.15, 0.2) is 0 Å². The zero-order valence-corrected chi connectivity index (χ0v) is 21.1. The molecule has 0 aliphatic carbocycles. The number of para-hydroxylation sites is 1. The second-order valence-corrected chi connectivity index (χ2v) is 10.1. The lowest BCUT2D eigenvalue weighted by atomic mass is 9.75. The van der Waals surface area contributed by atoms with Gasteiger partial charge in [0.05, 0.1) is 0 Å². The van der Waals surface area contributed by atoms with Gasteiger partial charge in [-0.15, -0.1) is 0 Å². The van der Waals surface area contributed by atoms with Gasteiger partial charge in [-0.1, -0.05) is 76.2 Å². The van der Waals surface area contributed by atoms with Crippen LogP contribution in [0.5, 0.6) is 11.5 Å². The number of fused-ring (bicyclic) bond motifs is 1. The van der Waals surface area contributed by atoms with Crippen LogP contribution in [0.1, 0.15) is 77.7 Å². The first-order chi connectivity index (χ1) is 17.3. The number of carbonyl (C=O) groups excluding carboxylic acids is 1. The Morgan fingerprint density at radius 1 is 0.667 bits per heavy atom. The van der Waals surface area contributed by atoms with Crippen molar-refractivity contribution in [3.8, 4) is 11.5 Å². The Hall–Kier alpha value is -4.05. The summed E-state index contributed by atoms with van der Waals surface area (Å²) in [5, 5.41) is 21.3. The van der Waals surface area contributed by atoms with Crippen LogP contribution in [-0.2, 0) is 5.54 Å². The molecule has 0 fully saturated rings. The molecule has 0 atom stereocenters. The smallest absolute Gasteiger partial charge is 0.260 e. The molecule has 1 aliphatic heterocycles. The van der Waals surface area contributed by atoms with E-state index in [1.807, 2.05) is 111 Å². The Bertz CT molecular complexity index is 1380. The molecule has 0 bridgehead atoms. The van der Waals surface area contributed by atoms with Gasteiger partial charge in [-0.25, -0.2) is 0 Å². The summed E-state index contributed by atoms with van der Waals surface area (Å²) in [5.74, 6) is 0.564. The van der Waals surface area contributed by atoms with Crippen molar-refractivity contribution < 1.29 is 15.0 Å². The lowest BCUT2D eigenvalue weighted by Crippen LogP contribution is -2.46. The molecule has 4 aromatic rings. The number of nitrogens with zero attached hydrogens (tertiary/aromatic N) is 1. The molecule has 0 unspecified atom stereocenters. The minimum Gasteiger partial charge on any atom is -0.508 e. The molecular weight excluding hydrogens is 446 g/mol. The van der Waals surface area contributed by atoms with E-state index in [0.29, 0.717) is 5.56 Å². The number of phenolic OH excluding ortho intramolecular Hbond substituents is 2. The van der Waals surface area contributed by atoms with Gasteiger partial charge in [-0.05, 0) is 82.1 Å². The number of rotatable bonds is 5. The standard InChI is InChI=1S/C32H31NO3/c1-20(2)26-18-22(14-16-29(26)34)32(23-15-17-30(35)27(19-23)21(3)4)28-13-9-8-12-25(28)31(36)33(32)24-10-6-5-7-11-24/h5-21,34-35H,1-4H3. The van der Waals surface area contributed by atoms with Crippen LogP contribution >= 0.6 is 0 Å². The van der Waals surface area contributed by atoms with Crippen LogP contribution < -0.4 is 4.90 Å². The molecule has 4 aromatic carbocycles. The maximum absolute atomic E-state index is 14.2. The third-order valence-electron chi connectivity index (χ3n) is 7.23. The SMILES string of the molecule is CC(C)c1cc(C2(c3ccc(O)c(C(C)C)c3)c3ccccc3C(=O)N2c2ccccc2)ccc1O. The van der Waals surface area contributed by atoms with Crippen molar-refractivity contribution in [2.75, 3.05) is 4.90 Å². The molecule has 0 spiro atoms. The fourth-order valence-electron chi connectivity index (χ4n) is 5.49. The van der Waals surface area contributed by atoms with Crippen LogP contribution in [0.3, 0.4) is 0 Å². The van der Waals surface area contributed by atoms with Crippen molar-refractivity contribution in [1.82, 2.24) is 0 Å². The van der Waals surface area contributed by atoms with E-state index in [2.05, 4.69) is 0 Å². The molecule has 4 heteroatoms. The summed E-state index contributed by atoms with van der Waals surface area (Å²) in [5.41, 5.74) is 4.69. The Morgan fingerprint density at radius 3 is 1.69 bits per heavy atom. The van der Waals surface area contributed by atoms with E-state index in [1.165, 1.54) is 0 Å². The summed E-state index contributed by atoms with van der Waals surface area (Å²) in [6, 6.07) is 28.8. The maximum Gasteiger partial charge on any atom is 0.260 e. The van der Waals surface area contributed by atoms with Gasteiger partial charge < -0.3 is 10.2 Å². The summed E-state index contributed by atoms with van der Waals surface area (Å²) >= 11 is 0. The number of benzene rings is 4. The van der Waals surface area contributed by atoms with Gasteiger partial charge in [0.25, 0.3) is 5.91 Å². The number of carbonyl (C=O) groups is 1.